The van der Waals surface area contributed by atoms with E-state index in [4.69, 9.17) is 0 Å². The van der Waals surface area contributed by atoms with Gasteiger partial charge in [-0.2, -0.15) is 13.2 Å². The number of amides is 2. The number of hydrogen-bond donors (Lipinski definition) is 1. The zero-order valence-corrected chi connectivity index (χ0v) is 13.0. The van der Waals surface area contributed by atoms with E-state index in [0.29, 0.717) is 11.4 Å². The second-order valence-electron chi connectivity index (χ2n) is 5.17. The summed E-state index contributed by atoms with van der Waals surface area (Å²) < 4.78 is 37.6. The van der Waals surface area contributed by atoms with E-state index in [1.54, 1.807) is 24.3 Å². The zero-order chi connectivity index (χ0) is 17.9. The molecule has 0 radical (unpaired) electrons. The lowest BCUT2D eigenvalue weighted by Gasteiger charge is -2.18. The highest BCUT2D eigenvalue weighted by atomic mass is 19.4. The van der Waals surface area contributed by atoms with E-state index in [1.165, 1.54) is 18.9 Å². The van der Waals surface area contributed by atoms with Crippen molar-refractivity contribution < 1.29 is 22.8 Å². The summed E-state index contributed by atoms with van der Waals surface area (Å²) in [5.41, 5.74) is 0.480. The molecule has 2 aromatic rings. The van der Waals surface area contributed by atoms with Crippen molar-refractivity contribution in [3.63, 3.8) is 0 Å². The van der Waals surface area contributed by atoms with Crippen molar-refractivity contribution in [3.05, 3.63) is 59.7 Å². The number of hydrogen-bond acceptors (Lipinski definition) is 2. The summed E-state index contributed by atoms with van der Waals surface area (Å²) in [6.45, 7) is 1.38. The molecule has 2 amide bonds. The third-order valence-corrected chi connectivity index (χ3v) is 3.34. The Morgan fingerprint density at radius 3 is 1.96 bits per heavy atom. The molecule has 0 aliphatic rings. The number of benzene rings is 2. The first-order valence-corrected chi connectivity index (χ1v) is 7.01. The minimum absolute atomic E-state index is 0.149. The number of nitrogens with one attached hydrogen (secondary N) is 1. The summed E-state index contributed by atoms with van der Waals surface area (Å²) in [4.78, 5) is 24.6. The smallest absolute Gasteiger partial charge is 0.326 e. The molecule has 2 rings (SSSR count). The molecule has 2 aromatic carbocycles. The van der Waals surface area contributed by atoms with Gasteiger partial charge < -0.3 is 10.2 Å². The molecule has 0 bridgehead atoms. The second-order valence-corrected chi connectivity index (χ2v) is 5.17. The highest BCUT2D eigenvalue weighted by Crippen LogP contribution is 2.29. The summed E-state index contributed by atoms with van der Waals surface area (Å²) in [6, 6.07) is 10.6. The maximum absolute atomic E-state index is 12.5. The van der Waals surface area contributed by atoms with Crippen LogP contribution in [0.2, 0.25) is 0 Å². The fourth-order valence-corrected chi connectivity index (χ4v) is 2.08. The van der Waals surface area contributed by atoms with Gasteiger partial charge >= 0.3 is 6.18 Å². The highest BCUT2D eigenvalue weighted by Gasteiger charge is 2.30. The summed E-state index contributed by atoms with van der Waals surface area (Å²) >= 11 is 0. The first kappa shape index (κ1) is 17.5. The summed E-state index contributed by atoms with van der Waals surface area (Å²) in [7, 11) is 1.52. The van der Waals surface area contributed by atoms with Crippen LogP contribution in [0, 0.1) is 0 Å². The van der Waals surface area contributed by atoms with Crippen LogP contribution in [-0.4, -0.2) is 18.9 Å². The summed E-state index contributed by atoms with van der Waals surface area (Å²) in [5, 5.41) is 2.60. The maximum atomic E-state index is 12.5. The van der Waals surface area contributed by atoms with E-state index < -0.39 is 17.6 Å². The molecule has 0 fully saturated rings. The minimum Gasteiger partial charge on any atom is -0.326 e. The Morgan fingerprint density at radius 2 is 1.50 bits per heavy atom. The normalized spacial score (nSPS) is 11.0. The lowest BCUT2D eigenvalue weighted by molar-refractivity contribution is -0.137. The average Bonchev–Trinajstić information content (AvgIpc) is 2.53. The van der Waals surface area contributed by atoms with Gasteiger partial charge in [-0.05, 0) is 48.5 Å². The molecule has 0 spiro atoms. The van der Waals surface area contributed by atoms with Gasteiger partial charge in [0.25, 0.3) is 5.91 Å². The predicted octanol–water partition coefficient (Wildman–Crippen LogP) is 3.94. The number of carbonyl (C=O) groups is 2. The molecule has 0 aromatic heterocycles. The van der Waals surface area contributed by atoms with E-state index in [9.17, 15) is 22.8 Å². The molecule has 0 saturated heterocycles. The quantitative estimate of drug-likeness (QED) is 0.923. The average molecular weight is 336 g/mol. The Morgan fingerprint density at radius 1 is 0.958 bits per heavy atom. The van der Waals surface area contributed by atoms with Crippen LogP contribution in [-0.2, 0) is 11.0 Å². The molecule has 1 N–H and O–H groups in total. The molecule has 7 heteroatoms. The molecule has 0 heterocycles. The van der Waals surface area contributed by atoms with Gasteiger partial charge in [-0.25, -0.2) is 0 Å². The number of carbonyl (C=O) groups excluding carboxylic acids is 2. The van der Waals surface area contributed by atoms with Gasteiger partial charge in [0.1, 0.15) is 0 Å². The lowest BCUT2D eigenvalue weighted by Crippen LogP contribution is -2.26. The zero-order valence-electron chi connectivity index (χ0n) is 13.0. The first-order chi connectivity index (χ1) is 11.2. The van der Waals surface area contributed by atoms with Gasteiger partial charge in [0.2, 0.25) is 5.91 Å². The van der Waals surface area contributed by atoms with Crippen LogP contribution in [0.25, 0.3) is 0 Å². The maximum Gasteiger partial charge on any atom is 0.416 e. The molecule has 24 heavy (non-hydrogen) atoms. The van der Waals surface area contributed by atoms with Crippen molar-refractivity contribution in [2.24, 2.45) is 0 Å². The number of rotatable bonds is 3. The largest absolute Gasteiger partial charge is 0.416 e. The summed E-state index contributed by atoms with van der Waals surface area (Å²) in [5.74, 6) is -0.645. The van der Waals surface area contributed by atoms with Crippen LogP contribution < -0.4 is 10.2 Å². The molecule has 0 aliphatic heterocycles. The molecule has 0 unspecified atom stereocenters. The fraction of sp³-hybridized carbons (Fsp3) is 0.176. The van der Waals surface area contributed by atoms with Crippen LogP contribution in [0.4, 0.5) is 24.5 Å². The van der Waals surface area contributed by atoms with Crippen molar-refractivity contribution in [1.29, 1.82) is 0 Å². The van der Waals surface area contributed by atoms with Gasteiger partial charge in [-0.3, -0.25) is 9.59 Å². The molecule has 0 saturated carbocycles. The van der Waals surface area contributed by atoms with E-state index >= 15 is 0 Å². The van der Waals surface area contributed by atoms with Gasteiger partial charge in [0.05, 0.1) is 5.56 Å². The standard InChI is InChI=1S/C17H15F3N2O2/c1-11(23)21-14-7-9-15(10-8-14)22(2)16(24)12-3-5-13(6-4-12)17(18,19)20/h3-10H,1-2H3,(H,21,23). The van der Waals surface area contributed by atoms with Crippen LogP contribution >= 0.6 is 0 Å². The van der Waals surface area contributed by atoms with Crippen molar-refractivity contribution in [2.45, 2.75) is 13.1 Å². The van der Waals surface area contributed by atoms with E-state index in [-0.39, 0.29) is 11.5 Å². The second kappa shape index (κ2) is 6.74. The van der Waals surface area contributed by atoms with Gasteiger partial charge in [-0.1, -0.05) is 0 Å². The third kappa shape index (κ3) is 4.13. The Kier molecular flexibility index (Phi) is 4.92. The van der Waals surface area contributed by atoms with Crippen LogP contribution in [0.15, 0.2) is 48.5 Å². The highest BCUT2D eigenvalue weighted by molar-refractivity contribution is 6.05. The number of alkyl halides is 3. The molecule has 126 valence electrons. The van der Waals surface area contributed by atoms with E-state index in [0.717, 1.165) is 24.3 Å². The summed E-state index contributed by atoms with van der Waals surface area (Å²) in [6.07, 6.45) is -4.44. The molecule has 0 aliphatic carbocycles. The topological polar surface area (TPSA) is 49.4 Å². The van der Waals surface area contributed by atoms with Crippen LogP contribution in [0.1, 0.15) is 22.8 Å². The van der Waals surface area contributed by atoms with Gasteiger partial charge in [0, 0.05) is 30.9 Å². The van der Waals surface area contributed by atoms with Crippen LogP contribution in [0.5, 0.6) is 0 Å². The molecule has 0 atom stereocenters. The number of halogens is 3. The van der Waals surface area contributed by atoms with Crippen LogP contribution in [0.3, 0.4) is 0 Å². The number of nitrogens with zero attached hydrogens (tertiary/aromatic N) is 1. The van der Waals surface area contributed by atoms with E-state index in [2.05, 4.69) is 5.32 Å². The Bertz CT molecular complexity index is 738. The molecular formula is C17H15F3N2O2. The number of anilines is 2. The van der Waals surface area contributed by atoms with Gasteiger partial charge in [-0.15, -0.1) is 0 Å². The fourth-order valence-electron chi connectivity index (χ4n) is 2.08. The third-order valence-electron chi connectivity index (χ3n) is 3.34. The van der Waals surface area contributed by atoms with Crippen molar-refractivity contribution in [3.8, 4) is 0 Å². The predicted molar refractivity (Wildman–Crippen MR) is 84.9 cm³/mol. The molecule has 4 nitrogen and oxygen atoms in total. The van der Waals surface area contributed by atoms with Crippen molar-refractivity contribution >= 4 is 23.2 Å². The first-order valence-electron chi connectivity index (χ1n) is 7.01. The monoisotopic (exact) mass is 336 g/mol. The van der Waals surface area contributed by atoms with Gasteiger partial charge in [0.15, 0.2) is 0 Å². The van der Waals surface area contributed by atoms with E-state index in [1.807, 2.05) is 0 Å². The Hall–Kier alpha value is -2.83. The van der Waals surface area contributed by atoms with Crippen molar-refractivity contribution in [2.75, 3.05) is 17.3 Å². The SMILES string of the molecule is CC(=O)Nc1ccc(N(C)C(=O)c2ccc(C(F)(F)F)cc2)cc1. The Balaban J connectivity index is 2.15. The Labute approximate surface area is 136 Å². The molecular weight excluding hydrogens is 321 g/mol. The minimum atomic E-state index is -4.44. The lowest BCUT2D eigenvalue weighted by atomic mass is 10.1. The van der Waals surface area contributed by atoms with Crippen molar-refractivity contribution in [1.82, 2.24) is 0 Å².